The van der Waals surface area contributed by atoms with Crippen molar-refractivity contribution in [3.8, 4) is 11.5 Å². The van der Waals surface area contributed by atoms with Gasteiger partial charge in [-0.15, -0.1) is 0 Å². The fraction of sp³-hybridized carbons (Fsp3) is 0.500. The number of ether oxygens (including phenoxy) is 3. The average molecular weight is 357 g/mol. The van der Waals surface area contributed by atoms with Gasteiger partial charge in [0.15, 0.2) is 11.5 Å². The Morgan fingerprint density at radius 1 is 1.23 bits per heavy atom. The van der Waals surface area contributed by atoms with Crippen molar-refractivity contribution < 1.29 is 14.2 Å². The molecule has 1 aliphatic rings. The van der Waals surface area contributed by atoms with E-state index >= 15 is 0 Å². The van der Waals surface area contributed by atoms with Crippen LogP contribution in [0, 0.1) is 6.92 Å². The summed E-state index contributed by atoms with van der Waals surface area (Å²) in [6.45, 7) is 7.14. The number of aromatic nitrogens is 2. The van der Waals surface area contributed by atoms with Crippen LogP contribution in [0.2, 0.25) is 0 Å². The lowest BCUT2D eigenvalue weighted by Gasteiger charge is -2.25. The summed E-state index contributed by atoms with van der Waals surface area (Å²) in [6, 6.07) is 8.05. The molecule has 1 aromatic carbocycles. The average Bonchev–Trinajstić information content (AvgIpc) is 3.20. The predicted molar refractivity (Wildman–Crippen MR) is 101 cm³/mol. The summed E-state index contributed by atoms with van der Waals surface area (Å²) in [4.78, 5) is 11.5. The molecular formula is C20H27N3O3. The molecule has 0 N–H and O–H groups in total. The molecule has 0 spiro atoms. The van der Waals surface area contributed by atoms with Gasteiger partial charge >= 0.3 is 0 Å². The van der Waals surface area contributed by atoms with E-state index < -0.39 is 0 Å². The number of hydrogen-bond acceptors (Lipinski definition) is 6. The molecule has 1 aromatic heterocycles. The van der Waals surface area contributed by atoms with Gasteiger partial charge in [0, 0.05) is 37.2 Å². The van der Waals surface area contributed by atoms with Crippen molar-refractivity contribution in [2.75, 3.05) is 38.9 Å². The number of rotatable bonds is 7. The molecule has 0 unspecified atom stereocenters. The zero-order chi connectivity index (χ0) is 18.5. The van der Waals surface area contributed by atoms with Gasteiger partial charge < -0.3 is 19.1 Å². The highest BCUT2D eigenvalue weighted by Gasteiger charge is 2.22. The highest BCUT2D eigenvalue weighted by molar-refractivity contribution is 5.50. The lowest BCUT2D eigenvalue weighted by Crippen LogP contribution is -2.24. The van der Waals surface area contributed by atoms with Crippen LogP contribution < -0.4 is 14.4 Å². The van der Waals surface area contributed by atoms with Crippen LogP contribution in [-0.4, -0.2) is 43.9 Å². The third kappa shape index (κ3) is 3.90. The van der Waals surface area contributed by atoms with Gasteiger partial charge in [0.1, 0.15) is 11.6 Å². The number of benzene rings is 1. The molecule has 0 amide bonds. The summed E-state index contributed by atoms with van der Waals surface area (Å²) >= 11 is 0. The van der Waals surface area contributed by atoms with Crippen LogP contribution in [0.15, 0.2) is 24.3 Å². The maximum atomic E-state index is 5.58. The normalized spacial score (nSPS) is 16.5. The van der Waals surface area contributed by atoms with Gasteiger partial charge in [0.25, 0.3) is 0 Å². The van der Waals surface area contributed by atoms with Crippen LogP contribution in [0.3, 0.4) is 0 Å². The van der Waals surface area contributed by atoms with Gasteiger partial charge in [-0.2, -0.15) is 0 Å². The van der Waals surface area contributed by atoms with Crippen LogP contribution in [0.25, 0.3) is 0 Å². The first-order valence-corrected chi connectivity index (χ1v) is 9.04. The predicted octanol–water partition coefficient (Wildman–Crippen LogP) is 3.33. The fourth-order valence-corrected chi connectivity index (χ4v) is 3.35. The van der Waals surface area contributed by atoms with E-state index in [-0.39, 0.29) is 0 Å². The van der Waals surface area contributed by atoms with Crippen LogP contribution >= 0.6 is 0 Å². The van der Waals surface area contributed by atoms with Crippen molar-refractivity contribution >= 4 is 5.82 Å². The topological polar surface area (TPSA) is 56.7 Å². The van der Waals surface area contributed by atoms with Crippen molar-refractivity contribution in [3.05, 3.63) is 41.3 Å². The highest BCUT2D eigenvalue weighted by atomic mass is 16.5. The largest absolute Gasteiger partial charge is 0.493 e. The zero-order valence-electron chi connectivity index (χ0n) is 16.0. The number of hydrogen-bond donors (Lipinski definition) is 0. The molecule has 1 saturated heterocycles. The van der Waals surface area contributed by atoms with Gasteiger partial charge in [0.05, 0.1) is 26.5 Å². The second-order valence-corrected chi connectivity index (χ2v) is 6.43. The smallest absolute Gasteiger partial charge is 0.165 e. The molecule has 1 fully saturated rings. The first kappa shape index (κ1) is 18.5. The molecule has 0 bridgehead atoms. The van der Waals surface area contributed by atoms with Gasteiger partial charge in [-0.3, -0.25) is 0 Å². The van der Waals surface area contributed by atoms with Gasteiger partial charge in [-0.05, 0) is 26.3 Å². The van der Waals surface area contributed by atoms with Crippen LogP contribution in [-0.2, 0) is 11.3 Å². The van der Waals surface area contributed by atoms with E-state index in [2.05, 4.69) is 33.9 Å². The molecule has 26 heavy (non-hydrogen) atoms. The van der Waals surface area contributed by atoms with Crippen LogP contribution in [0.5, 0.6) is 11.5 Å². The van der Waals surface area contributed by atoms with Gasteiger partial charge in [-0.25, -0.2) is 9.97 Å². The number of aryl methyl sites for hydroxylation is 1. The Morgan fingerprint density at radius 3 is 2.73 bits per heavy atom. The molecule has 1 aliphatic heterocycles. The maximum Gasteiger partial charge on any atom is 0.165 e. The van der Waals surface area contributed by atoms with Crippen molar-refractivity contribution in [2.45, 2.75) is 32.7 Å². The molecule has 0 aliphatic carbocycles. The number of anilines is 1. The third-order valence-electron chi connectivity index (χ3n) is 4.74. The van der Waals surface area contributed by atoms with Gasteiger partial charge in [0.2, 0.25) is 0 Å². The minimum atomic E-state index is 0.362. The molecular weight excluding hydrogens is 330 g/mol. The molecule has 6 nitrogen and oxygen atoms in total. The molecule has 2 heterocycles. The standard InChI is InChI=1S/C20H27N3O3/c1-5-23(12-15-7-6-8-18(24-3)20(15)25-4)19-11-17(21-14(2)22-19)16-9-10-26-13-16/h6-8,11,16H,5,9-10,12-13H2,1-4H3/t16-/m1/s1. The van der Waals surface area contributed by atoms with Crippen LogP contribution in [0.1, 0.15) is 36.3 Å². The molecule has 6 heteroatoms. The van der Waals surface area contributed by atoms with E-state index in [0.29, 0.717) is 12.5 Å². The molecule has 2 aromatic rings. The summed E-state index contributed by atoms with van der Waals surface area (Å²) < 4.78 is 16.5. The summed E-state index contributed by atoms with van der Waals surface area (Å²) in [7, 11) is 3.33. The third-order valence-corrected chi connectivity index (χ3v) is 4.74. The molecule has 0 radical (unpaired) electrons. The quantitative estimate of drug-likeness (QED) is 0.758. The second kappa shape index (κ2) is 8.36. The van der Waals surface area contributed by atoms with E-state index in [1.807, 2.05) is 19.1 Å². The Bertz CT molecular complexity index is 745. The Kier molecular flexibility index (Phi) is 5.93. The highest BCUT2D eigenvalue weighted by Crippen LogP contribution is 2.33. The monoisotopic (exact) mass is 357 g/mol. The van der Waals surface area contributed by atoms with E-state index in [0.717, 1.165) is 60.6 Å². The maximum absolute atomic E-state index is 5.58. The molecule has 0 saturated carbocycles. The van der Waals surface area contributed by atoms with E-state index in [4.69, 9.17) is 14.2 Å². The Labute approximate surface area is 155 Å². The minimum absolute atomic E-state index is 0.362. The van der Waals surface area contributed by atoms with E-state index in [1.165, 1.54) is 0 Å². The Balaban J connectivity index is 1.90. The number of para-hydroxylation sites is 1. The van der Waals surface area contributed by atoms with Gasteiger partial charge in [-0.1, -0.05) is 12.1 Å². The zero-order valence-corrected chi connectivity index (χ0v) is 16.0. The Hall–Kier alpha value is -2.34. The lowest BCUT2D eigenvalue weighted by molar-refractivity contribution is 0.193. The molecule has 1 atom stereocenters. The minimum Gasteiger partial charge on any atom is -0.493 e. The summed E-state index contributed by atoms with van der Waals surface area (Å²) in [6.07, 6.45) is 1.02. The summed E-state index contributed by atoms with van der Waals surface area (Å²) in [5.74, 6) is 3.60. The second-order valence-electron chi connectivity index (χ2n) is 6.43. The number of nitrogens with zero attached hydrogens (tertiary/aromatic N) is 3. The van der Waals surface area contributed by atoms with Crippen molar-refractivity contribution in [1.29, 1.82) is 0 Å². The first-order valence-electron chi connectivity index (χ1n) is 9.04. The van der Waals surface area contributed by atoms with E-state index in [9.17, 15) is 0 Å². The molecule has 3 rings (SSSR count). The lowest BCUT2D eigenvalue weighted by atomic mass is 10.0. The van der Waals surface area contributed by atoms with Crippen molar-refractivity contribution in [3.63, 3.8) is 0 Å². The van der Waals surface area contributed by atoms with Crippen molar-refractivity contribution in [2.24, 2.45) is 0 Å². The van der Waals surface area contributed by atoms with Crippen LogP contribution in [0.4, 0.5) is 5.82 Å². The SMILES string of the molecule is CCN(Cc1cccc(OC)c1OC)c1cc([C@@H]2CCOC2)nc(C)n1. The summed E-state index contributed by atoms with van der Waals surface area (Å²) in [5, 5.41) is 0. The fourth-order valence-electron chi connectivity index (χ4n) is 3.35. The first-order chi connectivity index (χ1) is 12.7. The van der Waals surface area contributed by atoms with Crippen molar-refractivity contribution in [1.82, 2.24) is 9.97 Å². The summed E-state index contributed by atoms with van der Waals surface area (Å²) in [5.41, 5.74) is 2.14. The molecule has 140 valence electrons. The Morgan fingerprint density at radius 2 is 2.08 bits per heavy atom. The van der Waals surface area contributed by atoms with E-state index in [1.54, 1.807) is 14.2 Å². The number of methoxy groups -OCH3 is 2.